The number of nitriles is 2. The van der Waals surface area contributed by atoms with E-state index in [0.29, 0.717) is 0 Å². The Morgan fingerprint density at radius 3 is 2.47 bits per heavy atom. The Morgan fingerprint density at radius 1 is 1.12 bits per heavy atom. The van der Waals surface area contributed by atoms with E-state index in [2.05, 4.69) is 24.3 Å². The average molecular weight is 224 g/mol. The van der Waals surface area contributed by atoms with Crippen LogP contribution in [0.25, 0.3) is 0 Å². The van der Waals surface area contributed by atoms with E-state index in [0.717, 1.165) is 32.1 Å². The molecule has 0 heterocycles. The maximum Gasteiger partial charge on any atom is 0.146 e. The number of nitrogens with zero attached hydrogens (tertiary/aromatic N) is 2. The molecular weight excluding hydrogens is 208 g/mol. The van der Waals surface area contributed by atoms with Gasteiger partial charge in [0.25, 0.3) is 0 Å². The highest BCUT2D eigenvalue weighted by Crippen LogP contribution is 2.42. The third-order valence-electron chi connectivity index (χ3n) is 3.79. The minimum Gasteiger partial charge on any atom is -0.197 e. The molecule has 1 aromatic rings. The largest absolute Gasteiger partial charge is 0.197 e. The average Bonchev–Trinajstić information content (AvgIpc) is 2.41. The highest BCUT2D eigenvalue weighted by molar-refractivity contribution is 5.22. The molecule has 0 aromatic heterocycles. The lowest BCUT2D eigenvalue weighted by molar-refractivity contribution is 0.219. The summed E-state index contributed by atoms with van der Waals surface area (Å²) in [4.78, 5) is 0. The minimum atomic E-state index is -0.756. The molecule has 0 amide bonds. The molecule has 1 aliphatic carbocycles. The summed E-state index contributed by atoms with van der Waals surface area (Å²) in [6, 6.07) is 14.7. The van der Waals surface area contributed by atoms with Crippen LogP contribution in [-0.2, 0) is 6.42 Å². The number of benzene rings is 1. The maximum atomic E-state index is 9.32. The van der Waals surface area contributed by atoms with E-state index >= 15 is 0 Å². The van der Waals surface area contributed by atoms with Gasteiger partial charge in [-0.25, -0.2) is 0 Å². The van der Waals surface area contributed by atoms with Gasteiger partial charge in [-0.15, -0.1) is 0 Å². The Balaban J connectivity index is 2.19. The molecule has 2 rings (SSSR count). The zero-order valence-corrected chi connectivity index (χ0v) is 9.89. The van der Waals surface area contributed by atoms with Gasteiger partial charge in [-0.05, 0) is 30.7 Å². The first-order valence-corrected chi connectivity index (χ1v) is 6.17. The van der Waals surface area contributed by atoms with Crippen molar-refractivity contribution < 1.29 is 0 Å². The van der Waals surface area contributed by atoms with Gasteiger partial charge in [-0.2, -0.15) is 10.5 Å². The number of hydrogen-bond acceptors (Lipinski definition) is 2. The summed E-state index contributed by atoms with van der Waals surface area (Å²) in [5.41, 5.74) is 0.475. The summed E-state index contributed by atoms with van der Waals surface area (Å²) < 4.78 is 0. The van der Waals surface area contributed by atoms with Crippen LogP contribution in [0.3, 0.4) is 0 Å². The fraction of sp³-hybridized carbons (Fsp3) is 0.467. The van der Waals surface area contributed by atoms with Crippen molar-refractivity contribution in [2.24, 2.45) is 11.3 Å². The molecular formula is C15H16N2. The highest BCUT2D eigenvalue weighted by Gasteiger charge is 2.41. The zero-order valence-electron chi connectivity index (χ0n) is 9.89. The predicted molar refractivity (Wildman–Crippen MR) is 65.8 cm³/mol. The van der Waals surface area contributed by atoms with Crippen LogP contribution in [0.15, 0.2) is 30.3 Å². The Morgan fingerprint density at radius 2 is 1.82 bits per heavy atom. The summed E-state index contributed by atoms with van der Waals surface area (Å²) in [5.74, 6) is 0.189. The second kappa shape index (κ2) is 5.02. The van der Waals surface area contributed by atoms with E-state index in [1.807, 2.05) is 18.2 Å². The Kier molecular flexibility index (Phi) is 3.45. The highest BCUT2D eigenvalue weighted by atomic mass is 14.5. The molecule has 0 spiro atoms. The van der Waals surface area contributed by atoms with Gasteiger partial charge >= 0.3 is 0 Å². The van der Waals surface area contributed by atoms with Crippen LogP contribution < -0.4 is 0 Å². The molecule has 17 heavy (non-hydrogen) atoms. The quantitative estimate of drug-likeness (QED) is 0.772. The Bertz CT molecular complexity index is 436. The van der Waals surface area contributed by atoms with Crippen LogP contribution in [0.5, 0.6) is 0 Å². The summed E-state index contributed by atoms with van der Waals surface area (Å²) in [5, 5.41) is 18.6. The number of rotatable bonds is 2. The van der Waals surface area contributed by atoms with Gasteiger partial charge in [0.2, 0.25) is 0 Å². The van der Waals surface area contributed by atoms with Crippen LogP contribution in [0.1, 0.15) is 31.2 Å². The summed E-state index contributed by atoms with van der Waals surface area (Å²) >= 11 is 0. The van der Waals surface area contributed by atoms with Crippen LogP contribution in [0.4, 0.5) is 0 Å². The van der Waals surface area contributed by atoms with E-state index in [1.165, 1.54) is 5.56 Å². The van der Waals surface area contributed by atoms with Crippen LogP contribution in [0.2, 0.25) is 0 Å². The molecule has 1 fully saturated rings. The van der Waals surface area contributed by atoms with Crippen LogP contribution >= 0.6 is 0 Å². The van der Waals surface area contributed by atoms with E-state index in [-0.39, 0.29) is 5.92 Å². The zero-order chi connectivity index (χ0) is 12.1. The molecule has 0 bridgehead atoms. The van der Waals surface area contributed by atoms with Gasteiger partial charge in [-0.3, -0.25) is 0 Å². The topological polar surface area (TPSA) is 47.6 Å². The minimum absolute atomic E-state index is 0.189. The van der Waals surface area contributed by atoms with Crippen molar-refractivity contribution in [1.82, 2.24) is 0 Å². The molecule has 1 aromatic carbocycles. The number of hydrogen-bond donors (Lipinski definition) is 0. The fourth-order valence-corrected chi connectivity index (χ4v) is 2.74. The van der Waals surface area contributed by atoms with Gasteiger partial charge < -0.3 is 0 Å². The van der Waals surface area contributed by atoms with E-state index in [1.54, 1.807) is 0 Å². The third kappa shape index (κ3) is 2.32. The van der Waals surface area contributed by atoms with E-state index in [4.69, 9.17) is 0 Å². The Hall–Kier alpha value is -1.80. The van der Waals surface area contributed by atoms with Crippen molar-refractivity contribution in [1.29, 1.82) is 10.5 Å². The maximum absolute atomic E-state index is 9.32. The molecule has 1 unspecified atom stereocenters. The second-order valence-corrected chi connectivity index (χ2v) is 4.83. The first-order chi connectivity index (χ1) is 8.30. The second-order valence-electron chi connectivity index (χ2n) is 4.83. The van der Waals surface area contributed by atoms with E-state index in [9.17, 15) is 10.5 Å². The molecule has 2 nitrogen and oxygen atoms in total. The van der Waals surface area contributed by atoms with Crippen molar-refractivity contribution >= 4 is 0 Å². The fourth-order valence-electron chi connectivity index (χ4n) is 2.74. The van der Waals surface area contributed by atoms with Crippen molar-refractivity contribution in [2.45, 2.75) is 32.1 Å². The summed E-state index contributed by atoms with van der Waals surface area (Å²) in [6.07, 6.45) is 4.73. The summed E-state index contributed by atoms with van der Waals surface area (Å²) in [7, 11) is 0. The van der Waals surface area contributed by atoms with Gasteiger partial charge in [0.05, 0.1) is 12.1 Å². The molecule has 0 saturated heterocycles. The monoisotopic (exact) mass is 224 g/mol. The summed E-state index contributed by atoms with van der Waals surface area (Å²) in [6.45, 7) is 0. The van der Waals surface area contributed by atoms with Crippen LogP contribution in [0, 0.1) is 34.0 Å². The van der Waals surface area contributed by atoms with Gasteiger partial charge in [-0.1, -0.05) is 43.2 Å². The van der Waals surface area contributed by atoms with Gasteiger partial charge in [0.1, 0.15) is 5.41 Å². The predicted octanol–water partition coefficient (Wildman–Crippen LogP) is 3.45. The molecule has 0 aliphatic heterocycles. The van der Waals surface area contributed by atoms with Crippen molar-refractivity contribution in [3.8, 4) is 12.1 Å². The Labute approximate surface area is 102 Å². The molecule has 86 valence electrons. The van der Waals surface area contributed by atoms with Crippen molar-refractivity contribution in [2.75, 3.05) is 0 Å². The van der Waals surface area contributed by atoms with Gasteiger partial charge in [0, 0.05) is 0 Å². The lowest BCUT2D eigenvalue weighted by Crippen LogP contribution is -2.32. The van der Waals surface area contributed by atoms with Crippen molar-refractivity contribution in [3.05, 3.63) is 35.9 Å². The molecule has 0 N–H and O–H groups in total. The lowest BCUT2D eigenvalue weighted by Gasteiger charge is -2.33. The SMILES string of the molecule is N#CC1(C#N)CCCCC1Cc1ccccc1. The van der Waals surface area contributed by atoms with Gasteiger partial charge in [0.15, 0.2) is 0 Å². The first-order valence-electron chi connectivity index (χ1n) is 6.17. The van der Waals surface area contributed by atoms with Crippen LogP contribution in [-0.4, -0.2) is 0 Å². The molecule has 2 heteroatoms. The molecule has 1 aliphatic rings. The molecule has 1 saturated carbocycles. The smallest absolute Gasteiger partial charge is 0.146 e. The first kappa shape index (κ1) is 11.7. The normalized spacial score (nSPS) is 22.4. The lowest BCUT2D eigenvalue weighted by atomic mass is 9.66. The van der Waals surface area contributed by atoms with E-state index < -0.39 is 5.41 Å². The standard InChI is InChI=1S/C15H16N2/c16-11-15(12-17)9-5-4-8-14(15)10-13-6-2-1-3-7-13/h1-3,6-7,14H,4-5,8-10H2. The molecule has 0 radical (unpaired) electrons. The molecule has 1 atom stereocenters. The van der Waals surface area contributed by atoms with Crippen molar-refractivity contribution in [3.63, 3.8) is 0 Å². The third-order valence-corrected chi connectivity index (χ3v) is 3.79.